The number of aromatic nitrogens is 1. The summed E-state index contributed by atoms with van der Waals surface area (Å²) in [5.74, 6) is 0.438. The molecular weight excluding hydrogens is 458 g/mol. The summed E-state index contributed by atoms with van der Waals surface area (Å²) in [6.07, 6.45) is 0. The summed E-state index contributed by atoms with van der Waals surface area (Å²) in [6, 6.07) is 12.7. The fourth-order valence-corrected chi connectivity index (χ4v) is 3.67. The first-order valence-corrected chi connectivity index (χ1v) is 10.2. The van der Waals surface area contributed by atoms with Gasteiger partial charge in [-0.3, -0.25) is 9.59 Å². The van der Waals surface area contributed by atoms with Gasteiger partial charge in [0.2, 0.25) is 5.91 Å². The minimum absolute atomic E-state index is 0.163. The molecular formula is C20H18BrN3O4S. The van der Waals surface area contributed by atoms with Crippen LogP contribution < -0.4 is 20.1 Å². The van der Waals surface area contributed by atoms with Crippen LogP contribution in [0.4, 0.5) is 5.69 Å². The molecule has 2 N–H and O–H groups in total. The largest absolute Gasteiger partial charge is 0.493 e. The van der Waals surface area contributed by atoms with E-state index in [-0.39, 0.29) is 18.1 Å². The summed E-state index contributed by atoms with van der Waals surface area (Å²) in [7, 11) is 3.12. The van der Waals surface area contributed by atoms with Crippen molar-refractivity contribution in [2.75, 3.05) is 26.1 Å². The van der Waals surface area contributed by atoms with Crippen LogP contribution >= 0.6 is 27.3 Å². The summed E-state index contributed by atoms with van der Waals surface area (Å²) in [6.45, 7) is -0.163. The summed E-state index contributed by atoms with van der Waals surface area (Å²) >= 11 is 4.69. The van der Waals surface area contributed by atoms with Gasteiger partial charge in [-0.1, -0.05) is 12.1 Å². The molecule has 0 unspecified atom stereocenters. The number of carbonyl (C=O) groups excluding carboxylic acids is 2. The molecule has 2 aromatic carbocycles. The molecule has 0 aliphatic heterocycles. The number of hydrogen-bond donors (Lipinski definition) is 2. The molecule has 7 nitrogen and oxygen atoms in total. The van der Waals surface area contributed by atoms with E-state index in [2.05, 4.69) is 31.5 Å². The lowest BCUT2D eigenvalue weighted by molar-refractivity contribution is -0.115. The van der Waals surface area contributed by atoms with Crippen LogP contribution in [-0.4, -0.2) is 37.6 Å². The topological polar surface area (TPSA) is 89.5 Å². The van der Waals surface area contributed by atoms with Crippen LogP contribution in [0.25, 0.3) is 10.6 Å². The number of halogens is 1. The van der Waals surface area contributed by atoms with E-state index < -0.39 is 5.91 Å². The maximum Gasteiger partial charge on any atom is 0.271 e. The highest BCUT2D eigenvalue weighted by atomic mass is 79.9. The molecule has 1 aromatic heterocycles. The van der Waals surface area contributed by atoms with Gasteiger partial charge in [-0.25, -0.2) is 4.98 Å². The quantitative estimate of drug-likeness (QED) is 0.539. The van der Waals surface area contributed by atoms with Crippen molar-refractivity contribution >= 4 is 44.8 Å². The normalized spacial score (nSPS) is 10.3. The maximum atomic E-state index is 12.3. The summed E-state index contributed by atoms with van der Waals surface area (Å²) in [5, 5.41) is 7.61. The van der Waals surface area contributed by atoms with Gasteiger partial charge >= 0.3 is 0 Å². The fraction of sp³-hybridized carbons (Fsp3) is 0.150. The molecule has 0 aliphatic rings. The SMILES string of the molecule is COc1ccc(-c2nc(C(=O)NCC(=O)Nc3ccccc3Br)cs2)cc1OC. The molecule has 0 fully saturated rings. The molecule has 0 saturated carbocycles. The zero-order valence-corrected chi connectivity index (χ0v) is 18.1. The van der Waals surface area contributed by atoms with E-state index in [0.717, 1.165) is 10.0 Å². The Kier molecular flexibility index (Phi) is 6.84. The number of ether oxygens (including phenoxy) is 2. The lowest BCUT2D eigenvalue weighted by Gasteiger charge is -2.08. The summed E-state index contributed by atoms with van der Waals surface area (Å²) in [5.41, 5.74) is 1.68. The molecule has 2 amide bonds. The van der Waals surface area contributed by atoms with Gasteiger partial charge in [0, 0.05) is 15.4 Å². The third-order valence-electron chi connectivity index (χ3n) is 3.92. The van der Waals surface area contributed by atoms with Crippen LogP contribution in [0.15, 0.2) is 52.3 Å². The van der Waals surface area contributed by atoms with Crippen molar-refractivity contribution in [3.05, 3.63) is 58.0 Å². The third kappa shape index (κ3) is 5.12. The standard InChI is InChI=1S/C20H18BrN3O4S/c1-27-16-8-7-12(9-17(16)28-2)20-24-15(11-29-20)19(26)22-10-18(25)23-14-6-4-3-5-13(14)21/h3-9,11H,10H2,1-2H3,(H,22,26)(H,23,25). The molecule has 1 heterocycles. The van der Waals surface area contributed by atoms with E-state index in [1.807, 2.05) is 24.3 Å². The van der Waals surface area contributed by atoms with Gasteiger partial charge in [-0.05, 0) is 46.3 Å². The lowest BCUT2D eigenvalue weighted by Crippen LogP contribution is -2.33. The molecule has 0 atom stereocenters. The monoisotopic (exact) mass is 475 g/mol. The Balaban J connectivity index is 1.62. The Labute approximate surface area is 180 Å². The number of methoxy groups -OCH3 is 2. The van der Waals surface area contributed by atoms with Gasteiger partial charge in [-0.2, -0.15) is 0 Å². The first-order valence-electron chi connectivity index (χ1n) is 8.52. The minimum atomic E-state index is -0.421. The number of benzene rings is 2. The second-order valence-corrected chi connectivity index (χ2v) is 7.53. The van der Waals surface area contributed by atoms with Gasteiger partial charge < -0.3 is 20.1 Å². The molecule has 0 bridgehead atoms. The van der Waals surface area contributed by atoms with Crippen molar-refractivity contribution in [2.24, 2.45) is 0 Å². The zero-order valence-electron chi connectivity index (χ0n) is 15.7. The maximum absolute atomic E-state index is 12.3. The average molecular weight is 476 g/mol. The molecule has 3 aromatic rings. The number of carbonyl (C=O) groups is 2. The van der Waals surface area contributed by atoms with Gasteiger partial charge in [0.25, 0.3) is 5.91 Å². The van der Waals surface area contributed by atoms with E-state index in [1.165, 1.54) is 11.3 Å². The molecule has 0 aliphatic carbocycles. The van der Waals surface area contributed by atoms with Crippen LogP contribution in [0, 0.1) is 0 Å². The van der Waals surface area contributed by atoms with E-state index >= 15 is 0 Å². The van der Waals surface area contributed by atoms with Crippen LogP contribution in [-0.2, 0) is 4.79 Å². The van der Waals surface area contributed by atoms with E-state index in [0.29, 0.717) is 22.2 Å². The first kappa shape index (κ1) is 20.8. The highest BCUT2D eigenvalue weighted by molar-refractivity contribution is 9.10. The molecule has 3 rings (SSSR count). The van der Waals surface area contributed by atoms with Crippen molar-refractivity contribution in [3.63, 3.8) is 0 Å². The van der Waals surface area contributed by atoms with Crippen molar-refractivity contribution in [1.82, 2.24) is 10.3 Å². The predicted molar refractivity (Wildman–Crippen MR) is 116 cm³/mol. The molecule has 0 spiro atoms. The Morgan fingerprint density at radius 3 is 2.59 bits per heavy atom. The van der Waals surface area contributed by atoms with E-state index in [9.17, 15) is 9.59 Å². The molecule has 9 heteroatoms. The van der Waals surface area contributed by atoms with Crippen molar-refractivity contribution in [2.45, 2.75) is 0 Å². The number of thiazole rings is 1. The van der Waals surface area contributed by atoms with Gasteiger partial charge in [0.1, 0.15) is 10.7 Å². The number of para-hydroxylation sites is 1. The number of nitrogens with zero attached hydrogens (tertiary/aromatic N) is 1. The Hall–Kier alpha value is -2.91. The molecule has 29 heavy (non-hydrogen) atoms. The Morgan fingerprint density at radius 1 is 1.10 bits per heavy atom. The highest BCUT2D eigenvalue weighted by Crippen LogP contribution is 2.33. The first-order chi connectivity index (χ1) is 14.0. The van der Waals surface area contributed by atoms with E-state index in [1.54, 1.807) is 37.8 Å². The second-order valence-electron chi connectivity index (χ2n) is 5.82. The van der Waals surface area contributed by atoms with E-state index in [4.69, 9.17) is 9.47 Å². The average Bonchev–Trinajstić information content (AvgIpc) is 3.23. The number of rotatable bonds is 7. The number of anilines is 1. The molecule has 0 saturated heterocycles. The zero-order chi connectivity index (χ0) is 20.8. The van der Waals surface area contributed by atoms with Crippen molar-refractivity contribution < 1.29 is 19.1 Å². The van der Waals surface area contributed by atoms with Gasteiger partial charge in [0.05, 0.1) is 26.5 Å². The van der Waals surface area contributed by atoms with Crippen LogP contribution in [0.5, 0.6) is 11.5 Å². The molecule has 0 radical (unpaired) electrons. The summed E-state index contributed by atoms with van der Waals surface area (Å²) in [4.78, 5) is 28.8. The fourth-order valence-electron chi connectivity index (χ4n) is 2.49. The lowest BCUT2D eigenvalue weighted by atomic mass is 10.2. The van der Waals surface area contributed by atoms with Gasteiger partial charge in [0.15, 0.2) is 11.5 Å². The van der Waals surface area contributed by atoms with Crippen LogP contribution in [0.3, 0.4) is 0 Å². The van der Waals surface area contributed by atoms with Crippen molar-refractivity contribution in [1.29, 1.82) is 0 Å². The Bertz CT molecular complexity index is 1040. The second kappa shape index (κ2) is 9.53. The molecule has 150 valence electrons. The summed E-state index contributed by atoms with van der Waals surface area (Å²) < 4.78 is 11.3. The minimum Gasteiger partial charge on any atom is -0.493 e. The predicted octanol–water partition coefficient (Wildman–Crippen LogP) is 3.96. The number of nitrogens with one attached hydrogen (secondary N) is 2. The van der Waals surface area contributed by atoms with Crippen LogP contribution in [0.2, 0.25) is 0 Å². The smallest absolute Gasteiger partial charge is 0.271 e. The van der Waals surface area contributed by atoms with Gasteiger partial charge in [-0.15, -0.1) is 11.3 Å². The number of amides is 2. The Morgan fingerprint density at radius 2 is 1.86 bits per heavy atom. The third-order valence-corrected chi connectivity index (χ3v) is 5.51. The van der Waals surface area contributed by atoms with Crippen LogP contribution in [0.1, 0.15) is 10.5 Å². The number of hydrogen-bond acceptors (Lipinski definition) is 6. The van der Waals surface area contributed by atoms with Crippen molar-refractivity contribution in [3.8, 4) is 22.1 Å². The highest BCUT2D eigenvalue weighted by Gasteiger charge is 2.15.